The lowest BCUT2D eigenvalue weighted by Gasteiger charge is -2.23. The first-order chi connectivity index (χ1) is 11.0. The van der Waals surface area contributed by atoms with Crippen molar-refractivity contribution in [1.29, 1.82) is 0 Å². The normalized spacial score (nSPS) is 20.4. The first-order valence-corrected chi connectivity index (χ1v) is 7.99. The number of aromatic nitrogens is 2. The van der Waals surface area contributed by atoms with Crippen LogP contribution in [0.15, 0.2) is 33.8 Å². The molecule has 2 aromatic rings. The molecule has 1 saturated heterocycles. The Morgan fingerprint density at radius 1 is 1.17 bits per heavy atom. The number of carbonyl (C=O) groups excluding carboxylic acids is 2. The van der Waals surface area contributed by atoms with E-state index in [1.807, 2.05) is 24.3 Å². The number of imide groups is 1. The average molecular weight is 374 g/mol. The molecule has 1 aliphatic carbocycles. The topological polar surface area (TPSA) is 72.6 Å². The van der Waals surface area contributed by atoms with Crippen LogP contribution in [-0.2, 0) is 9.59 Å². The van der Waals surface area contributed by atoms with E-state index in [0.717, 1.165) is 21.1 Å². The molecule has 3 heterocycles. The van der Waals surface area contributed by atoms with Gasteiger partial charge in [0.1, 0.15) is 6.04 Å². The van der Waals surface area contributed by atoms with Gasteiger partial charge in [0, 0.05) is 34.4 Å². The smallest absolute Gasteiger partial charge is 0.295 e. The van der Waals surface area contributed by atoms with Gasteiger partial charge in [0.15, 0.2) is 0 Å². The molecule has 7 heteroatoms. The molecule has 0 spiro atoms. The highest BCUT2D eigenvalue weighted by Gasteiger charge is 2.29. The van der Waals surface area contributed by atoms with E-state index < -0.39 is 11.9 Å². The first kappa shape index (κ1) is 14.2. The van der Waals surface area contributed by atoms with E-state index in [9.17, 15) is 14.4 Å². The highest BCUT2D eigenvalue weighted by Crippen LogP contribution is 2.27. The van der Waals surface area contributed by atoms with Crippen molar-refractivity contribution in [3.63, 3.8) is 0 Å². The number of halogens is 1. The summed E-state index contributed by atoms with van der Waals surface area (Å²) in [7, 11) is 0. The van der Waals surface area contributed by atoms with E-state index >= 15 is 0 Å². The van der Waals surface area contributed by atoms with Gasteiger partial charge in [-0.1, -0.05) is 22.0 Å². The standard InChI is InChI=1S/C16H12BrN3O3/c17-11-2-1-9-5-6-19-14(9)10(7-11)8-20(16(19)23)12-3-4-13(21)18-15(12)22/h1-2,5-8,12H,3-4H2,(H,18,21,22). The highest BCUT2D eigenvalue weighted by atomic mass is 79.9. The summed E-state index contributed by atoms with van der Waals surface area (Å²) < 4.78 is 3.83. The first-order valence-electron chi connectivity index (χ1n) is 7.20. The zero-order valence-corrected chi connectivity index (χ0v) is 13.5. The highest BCUT2D eigenvalue weighted by molar-refractivity contribution is 9.12. The van der Waals surface area contributed by atoms with Crippen LogP contribution in [0, 0.1) is 0 Å². The van der Waals surface area contributed by atoms with Crippen LogP contribution in [0.2, 0.25) is 0 Å². The van der Waals surface area contributed by atoms with Crippen LogP contribution in [0.25, 0.3) is 17.7 Å². The molecule has 4 rings (SSSR count). The molecule has 1 unspecified atom stereocenters. The number of carbonyl (C=O) groups is 2. The van der Waals surface area contributed by atoms with Crippen molar-refractivity contribution in [1.82, 2.24) is 14.3 Å². The monoisotopic (exact) mass is 373 g/mol. The second-order valence-electron chi connectivity index (χ2n) is 5.59. The fraction of sp³-hybridized carbons (Fsp3) is 0.188. The number of allylic oxidation sites excluding steroid dienone is 2. The molecule has 1 N–H and O–H groups in total. The van der Waals surface area contributed by atoms with Crippen LogP contribution in [0.4, 0.5) is 0 Å². The molecular weight excluding hydrogens is 362 g/mol. The second kappa shape index (κ2) is 5.06. The Labute approximate surface area is 139 Å². The van der Waals surface area contributed by atoms with Crippen molar-refractivity contribution in [2.45, 2.75) is 18.9 Å². The van der Waals surface area contributed by atoms with Gasteiger partial charge in [-0.15, -0.1) is 0 Å². The predicted molar refractivity (Wildman–Crippen MR) is 89.0 cm³/mol. The minimum Gasteiger partial charge on any atom is -0.295 e. The van der Waals surface area contributed by atoms with Gasteiger partial charge in [-0.05, 0) is 24.6 Å². The van der Waals surface area contributed by atoms with E-state index in [1.54, 1.807) is 16.8 Å². The number of hydrogen-bond acceptors (Lipinski definition) is 3. The molecule has 1 atom stereocenters. The molecule has 1 aliphatic heterocycles. The van der Waals surface area contributed by atoms with Crippen molar-refractivity contribution < 1.29 is 9.59 Å². The van der Waals surface area contributed by atoms with Crippen molar-refractivity contribution in [3.05, 3.63) is 50.6 Å². The summed E-state index contributed by atoms with van der Waals surface area (Å²) in [6.07, 6.45) is 9.70. The number of amides is 2. The second-order valence-corrected chi connectivity index (χ2v) is 6.51. The summed E-state index contributed by atoms with van der Waals surface area (Å²) in [6, 6.07) is 1.19. The Hall–Kier alpha value is -2.41. The molecule has 2 aromatic heterocycles. The molecule has 23 heavy (non-hydrogen) atoms. The molecule has 116 valence electrons. The summed E-state index contributed by atoms with van der Waals surface area (Å²) in [5, 5.41) is 2.30. The number of piperidine rings is 1. The largest absolute Gasteiger partial charge is 0.333 e. The van der Waals surface area contributed by atoms with Crippen LogP contribution in [0.3, 0.4) is 0 Å². The lowest BCUT2D eigenvalue weighted by molar-refractivity contribution is -0.135. The van der Waals surface area contributed by atoms with Gasteiger partial charge in [0.2, 0.25) is 11.8 Å². The Balaban J connectivity index is 1.96. The van der Waals surface area contributed by atoms with E-state index in [1.165, 1.54) is 4.57 Å². The lowest BCUT2D eigenvalue weighted by atomic mass is 10.1. The Morgan fingerprint density at radius 2 is 2.00 bits per heavy atom. The van der Waals surface area contributed by atoms with Crippen molar-refractivity contribution >= 4 is 45.4 Å². The molecule has 6 nitrogen and oxygen atoms in total. The Bertz CT molecular complexity index is 980. The number of hydrogen-bond donors (Lipinski definition) is 1. The van der Waals surface area contributed by atoms with Crippen LogP contribution in [-0.4, -0.2) is 20.8 Å². The number of nitrogens with zero attached hydrogens (tertiary/aromatic N) is 2. The molecule has 0 saturated carbocycles. The minimum atomic E-state index is -0.671. The average Bonchev–Trinajstić information content (AvgIpc) is 2.86. The zero-order chi connectivity index (χ0) is 16.1. The van der Waals surface area contributed by atoms with Crippen LogP contribution < -0.4 is 11.0 Å². The van der Waals surface area contributed by atoms with E-state index in [2.05, 4.69) is 21.2 Å². The SMILES string of the molecule is O=C1CCC(n2cc3c4c(ccn4c2=O)C=CC(Br)=C3)C(=O)N1. The van der Waals surface area contributed by atoms with Crippen LogP contribution in [0.1, 0.15) is 30.0 Å². The summed E-state index contributed by atoms with van der Waals surface area (Å²) >= 11 is 3.46. The summed E-state index contributed by atoms with van der Waals surface area (Å²) in [4.78, 5) is 36.2. The molecule has 2 amide bonds. The van der Waals surface area contributed by atoms with Crippen LogP contribution >= 0.6 is 15.9 Å². The van der Waals surface area contributed by atoms with Gasteiger partial charge in [0.25, 0.3) is 0 Å². The maximum absolute atomic E-state index is 12.8. The van der Waals surface area contributed by atoms with E-state index in [4.69, 9.17) is 0 Å². The third-order valence-corrected chi connectivity index (χ3v) is 4.65. The fourth-order valence-corrected chi connectivity index (χ4v) is 3.46. The van der Waals surface area contributed by atoms with Gasteiger partial charge >= 0.3 is 5.69 Å². The lowest BCUT2D eigenvalue weighted by Crippen LogP contribution is -2.45. The molecule has 1 fully saturated rings. The zero-order valence-electron chi connectivity index (χ0n) is 12.0. The summed E-state index contributed by atoms with van der Waals surface area (Å²) in [5.41, 5.74) is 2.30. The van der Waals surface area contributed by atoms with Gasteiger partial charge in [-0.25, -0.2) is 4.79 Å². The van der Waals surface area contributed by atoms with E-state index in [0.29, 0.717) is 6.42 Å². The van der Waals surface area contributed by atoms with Gasteiger partial charge in [0.05, 0.1) is 5.52 Å². The Morgan fingerprint density at radius 3 is 2.78 bits per heavy atom. The number of nitrogens with one attached hydrogen (secondary N) is 1. The maximum Gasteiger partial charge on any atom is 0.333 e. The summed E-state index contributed by atoms with van der Waals surface area (Å²) in [6.45, 7) is 0. The maximum atomic E-state index is 12.8. The van der Waals surface area contributed by atoms with Gasteiger partial charge in [-0.2, -0.15) is 0 Å². The third-order valence-electron chi connectivity index (χ3n) is 4.16. The van der Waals surface area contributed by atoms with Gasteiger partial charge < -0.3 is 0 Å². The molecule has 0 aromatic carbocycles. The van der Waals surface area contributed by atoms with Crippen LogP contribution in [0.5, 0.6) is 0 Å². The van der Waals surface area contributed by atoms with Crippen molar-refractivity contribution in [2.24, 2.45) is 0 Å². The van der Waals surface area contributed by atoms with Crippen molar-refractivity contribution in [2.75, 3.05) is 0 Å². The quantitative estimate of drug-likeness (QED) is 0.775. The molecule has 0 radical (unpaired) electrons. The summed E-state index contributed by atoms with van der Waals surface area (Å²) in [5.74, 6) is -0.731. The Kier molecular flexibility index (Phi) is 3.12. The minimum absolute atomic E-state index is 0.230. The predicted octanol–water partition coefficient (Wildman–Crippen LogP) is 1.84. The van der Waals surface area contributed by atoms with E-state index in [-0.39, 0.29) is 18.0 Å². The van der Waals surface area contributed by atoms with Gasteiger partial charge in [-0.3, -0.25) is 23.9 Å². The van der Waals surface area contributed by atoms with Crippen molar-refractivity contribution in [3.8, 4) is 0 Å². The molecular formula is C16H12BrN3O3. The third kappa shape index (κ3) is 2.19. The molecule has 0 bridgehead atoms. The molecule has 2 aliphatic rings. The number of rotatable bonds is 1. The fourth-order valence-electron chi connectivity index (χ4n) is 3.08.